The third-order valence-electron chi connectivity index (χ3n) is 5.43. The second-order valence-electron chi connectivity index (χ2n) is 7.89. The maximum atomic E-state index is 12.8. The van der Waals surface area contributed by atoms with Crippen molar-refractivity contribution in [3.05, 3.63) is 76.1 Å². The lowest BCUT2D eigenvalue weighted by molar-refractivity contribution is 0.138. The molecule has 31 heavy (non-hydrogen) atoms. The SMILES string of the molecule is CCCCCCCON=C(C)CC(c1ccccc1)c1c(O)c2ccccc2oc1=O. The molecule has 0 saturated heterocycles. The summed E-state index contributed by atoms with van der Waals surface area (Å²) < 4.78 is 5.52. The number of para-hydroxylation sites is 1. The van der Waals surface area contributed by atoms with Crippen molar-refractivity contribution in [2.45, 2.75) is 58.3 Å². The van der Waals surface area contributed by atoms with Gasteiger partial charge in [0.15, 0.2) is 0 Å². The highest BCUT2D eigenvalue weighted by Gasteiger charge is 2.25. The fourth-order valence-corrected chi connectivity index (χ4v) is 3.79. The summed E-state index contributed by atoms with van der Waals surface area (Å²) >= 11 is 0. The van der Waals surface area contributed by atoms with Crippen LogP contribution in [0.1, 0.15) is 69.4 Å². The Morgan fingerprint density at radius 3 is 2.52 bits per heavy atom. The van der Waals surface area contributed by atoms with Crippen molar-refractivity contribution in [1.82, 2.24) is 0 Å². The molecule has 0 spiro atoms. The van der Waals surface area contributed by atoms with Gasteiger partial charge in [0, 0.05) is 12.3 Å². The Morgan fingerprint density at radius 1 is 1.03 bits per heavy atom. The number of aromatic hydroxyl groups is 1. The molecule has 2 aromatic carbocycles. The van der Waals surface area contributed by atoms with Gasteiger partial charge in [-0.15, -0.1) is 0 Å². The summed E-state index contributed by atoms with van der Waals surface area (Å²) in [5, 5.41) is 15.7. The van der Waals surface area contributed by atoms with E-state index in [1.54, 1.807) is 18.2 Å². The molecule has 1 atom stereocenters. The second kappa shape index (κ2) is 11.3. The van der Waals surface area contributed by atoms with Gasteiger partial charge in [0.25, 0.3) is 0 Å². The second-order valence-corrected chi connectivity index (χ2v) is 7.89. The lowest BCUT2D eigenvalue weighted by Crippen LogP contribution is -2.16. The van der Waals surface area contributed by atoms with Crippen LogP contribution in [0.15, 0.2) is 69.0 Å². The predicted octanol–water partition coefficient (Wildman–Crippen LogP) is 6.38. The van der Waals surface area contributed by atoms with Crippen LogP contribution in [0, 0.1) is 0 Å². The Hall–Kier alpha value is -3.08. The summed E-state index contributed by atoms with van der Waals surface area (Å²) in [7, 11) is 0. The third-order valence-corrected chi connectivity index (χ3v) is 5.43. The summed E-state index contributed by atoms with van der Waals surface area (Å²) in [5.41, 5.74) is 1.76. The number of hydrogen-bond acceptors (Lipinski definition) is 5. The van der Waals surface area contributed by atoms with Crippen LogP contribution < -0.4 is 5.63 Å². The first kappa shape index (κ1) is 22.6. The van der Waals surface area contributed by atoms with Gasteiger partial charge < -0.3 is 14.4 Å². The predicted molar refractivity (Wildman–Crippen MR) is 125 cm³/mol. The van der Waals surface area contributed by atoms with E-state index >= 15 is 0 Å². The Morgan fingerprint density at radius 2 is 1.74 bits per heavy atom. The number of nitrogens with zero attached hydrogens (tertiary/aromatic N) is 1. The number of oxime groups is 1. The maximum absolute atomic E-state index is 12.8. The smallest absolute Gasteiger partial charge is 0.343 e. The van der Waals surface area contributed by atoms with Crippen LogP contribution in [0.4, 0.5) is 0 Å². The van der Waals surface area contributed by atoms with E-state index in [2.05, 4.69) is 12.1 Å². The van der Waals surface area contributed by atoms with Gasteiger partial charge in [0.2, 0.25) is 0 Å². The fraction of sp³-hybridized carbons (Fsp3) is 0.385. The van der Waals surface area contributed by atoms with Crippen molar-refractivity contribution < 1.29 is 14.4 Å². The number of benzene rings is 2. The summed E-state index contributed by atoms with van der Waals surface area (Å²) in [4.78, 5) is 18.3. The van der Waals surface area contributed by atoms with Crippen LogP contribution in [-0.2, 0) is 4.84 Å². The summed E-state index contributed by atoms with van der Waals surface area (Å²) in [6.07, 6.45) is 6.24. The van der Waals surface area contributed by atoms with Crippen molar-refractivity contribution in [1.29, 1.82) is 0 Å². The summed E-state index contributed by atoms with van der Waals surface area (Å²) in [6, 6.07) is 16.7. The number of fused-ring (bicyclic) bond motifs is 1. The van der Waals surface area contributed by atoms with E-state index in [-0.39, 0.29) is 17.2 Å². The standard InChI is InChI=1S/C26H31NO4/c1-3-4-5-6-12-17-30-27-19(2)18-22(20-13-8-7-9-14-20)24-25(28)21-15-10-11-16-23(21)31-26(24)29/h7-11,13-16,22,28H,3-6,12,17-18H2,1-2H3. The quantitative estimate of drug-likeness (QED) is 0.169. The van der Waals surface area contributed by atoms with E-state index in [0.717, 1.165) is 24.1 Å². The largest absolute Gasteiger partial charge is 0.507 e. The van der Waals surface area contributed by atoms with Crippen LogP contribution in [0.3, 0.4) is 0 Å². The highest BCUT2D eigenvalue weighted by molar-refractivity contribution is 5.86. The minimum absolute atomic E-state index is 0.0367. The lowest BCUT2D eigenvalue weighted by atomic mass is 9.87. The van der Waals surface area contributed by atoms with E-state index in [4.69, 9.17) is 9.25 Å². The molecule has 3 aromatic rings. The minimum Gasteiger partial charge on any atom is -0.507 e. The Labute approximate surface area is 183 Å². The summed E-state index contributed by atoms with van der Waals surface area (Å²) in [5.74, 6) is -0.427. The van der Waals surface area contributed by atoms with Gasteiger partial charge >= 0.3 is 5.63 Å². The molecule has 0 bridgehead atoms. The molecule has 3 rings (SSSR count). The normalized spacial score (nSPS) is 12.8. The van der Waals surface area contributed by atoms with E-state index in [1.165, 1.54) is 19.3 Å². The zero-order valence-electron chi connectivity index (χ0n) is 18.3. The first-order valence-electron chi connectivity index (χ1n) is 11.1. The van der Waals surface area contributed by atoms with Gasteiger partial charge in [-0.3, -0.25) is 0 Å². The highest BCUT2D eigenvalue weighted by atomic mass is 16.6. The molecule has 1 heterocycles. The molecular weight excluding hydrogens is 390 g/mol. The van der Waals surface area contributed by atoms with Gasteiger partial charge in [-0.05, 0) is 37.5 Å². The molecule has 0 aliphatic carbocycles. The molecule has 0 saturated carbocycles. The lowest BCUT2D eigenvalue weighted by Gasteiger charge is -2.18. The van der Waals surface area contributed by atoms with Crippen molar-refractivity contribution in [2.24, 2.45) is 5.16 Å². The van der Waals surface area contributed by atoms with Gasteiger partial charge in [-0.1, -0.05) is 73.8 Å². The minimum atomic E-state index is -0.533. The van der Waals surface area contributed by atoms with Crippen molar-refractivity contribution in [3.63, 3.8) is 0 Å². The molecular formula is C26H31NO4. The molecule has 0 radical (unpaired) electrons. The zero-order chi connectivity index (χ0) is 22.1. The highest BCUT2D eigenvalue weighted by Crippen LogP contribution is 2.36. The molecule has 5 nitrogen and oxygen atoms in total. The van der Waals surface area contributed by atoms with Crippen molar-refractivity contribution >= 4 is 16.7 Å². The van der Waals surface area contributed by atoms with Crippen molar-refractivity contribution in [2.75, 3.05) is 6.61 Å². The van der Waals surface area contributed by atoms with Crippen LogP contribution in [0.5, 0.6) is 5.75 Å². The molecule has 1 unspecified atom stereocenters. The Balaban J connectivity index is 1.83. The average molecular weight is 422 g/mol. The van der Waals surface area contributed by atoms with Crippen LogP contribution in [0.2, 0.25) is 0 Å². The van der Waals surface area contributed by atoms with E-state index < -0.39 is 5.63 Å². The van der Waals surface area contributed by atoms with Gasteiger partial charge in [0.05, 0.1) is 16.7 Å². The monoisotopic (exact) mass is 421 g/mol. The van der Waals surface area contributed by atoms with Crippen LogP contribution in [0.25, 0.3) is 11.0 Å². The van der Waals surface area contributed by atoms with Gasteiger partial charge in [0.1, 0.15) is 17.9 Å². The molecule has 0 fully saturated rings. The zero-order valence-corrected chi connectivity index (χ0v) is 18.3. The van der Waals surface area contributed by atoms with Crippen LogP contribution >= 0.6 is 0 Å². The molecule has 1 aromatic heterocycles. The first-order valence-corrected chi connectivity index (χ1v) is 11.1. The number of hydrogen-bond donors (Lipinski definition) is 1. The molecule has 164 valence electrons. The summed E-state index contributed by atoms with van der Waals surface area (Å²) in [6.45, 7) is 4.66. The molecule has 1 N–H and O–H groups in total. The Kier molecular flexibility index (Phi) is 8.27. The average Bonchev–Trinajstić information content (AvgIpc) is 2.78. The van der Waals surface area contributed by atoms with E-state index in [1.807, 2.05) is 43.3 Å². The third kappa shape index (κ3) is 5.97. The Bertz CT molecular complexity index is 1060. The fourth-order valence-electron chi connectivity index (χ4n) is 3.79. The first-order chi connectivity index (χ1) is 15.1. The van der Waals surface area contributed by atoms with Crippen LogP contribution in [-0.4, -0.2) is 17.4 Å². The molecule has 0 amide bonds. The van der Waals surface area contributed by atoms with E-state index in [0.29, 0.717) is 24.0 Å². The molecule has 0 aliphatic rings. The molecule has 5 heteroatoms. The van der Waals surface area contributed by atoms with Gasteiger partial charge in [-0.2, -0.15) is 0 Å². The maximum Gasteiger partial charge on any atom is 0.343 e. The molecule has 0 aliphatic heterocycles. The number of unbranched alkanes of at least 4 members (excludes halogenated alkanes) is 4. The van der Waals surface area contributed by atoms with Crippen molar-refractivity contribution in [3.8, 4) is 5.75 Å². The van der Waals surface area contributed by atoms with Gasteiger partial charge in [-0.25, -0.2) is 4.79 Å². The topological polar surface area (TPSA) is 72.0 Å². The number of rotatable bonds is 11. The van der Waals surface area contributed by atoms with E-state index in [9.17, 15) is 9.90 Å².